The molecule has 1 aromatic carbocycles. The molecule has 11 heteroatoms. The number of benzene rings is 1. The van der Waals surface area contributed by atoms with Crippen molar-refractivity contribution in [1.82, 2.24) is 10.3 Å². The zero-order valence-electron chi connectivity index (χ0n) is 16.6. The average molecular weight is 447 g/mol. The van der Waals surface area contributed by atoms with Crippen molar-refractivity contribution < 1.29 is 31.1 Å². The fourth-order valence-corrected chi connectivity index (χ4v) is 3.46. The molecule has 0 aliphatic carbocycles. The second-order valence-electron chi connectivity index (χ2n) is 6.36. The van der Waals surface area contributed by atoms with E-state index >= 15 is 0 Å². The number of nitrogens with one attached hydrogen (secondary N) is 2. The van der Waals surface area contributed by atoms with Gasteiger partial charge in [0.1, 0.15) is 12.4 Å². The highest BCUT2D eigenvalue weighted by Gasteiger charge is 2.28. The molecule has 0 atom stereocenters. The van der Waals surface area contributed by atoms with E-state index in [0.29, 0.717) is 24.7 Å². The molecule has 2 N–H and O–H groups in total. The summed E-state index contributed by atoms with van der Waals surface area (Å²) in [6, 6.07) is 7.74. The standard InChI is InChI=1S/C19H24F3N3O4S/c1-3-10-23-11-12-28-18-9-8-17(14(2)24-18)25-30(26,27)16-6-4-15(5-7-16)29-13-19(20,21)22/h4-9,23,25H,3,10-13H2,1-2H3. The highest BCUT2D eigenvalue weighted by molar-refractivity contribution is 7.92. The van der Waals surface area contributed by atoms with Gasteiger partial charge in [-0.3, -0.25) is 4.72 Å². The number of anilines is 1. The molecule has 1 aromatic heterocycles. The molecule has 0 aliphatic rings. The van der Waals surface area contributed by atoms with Crippen molar-refractivity contribution in [3.8, 4) is 11.6 Å². The van der Waals surface area contributed by atoms with Crippen LogP contribution in [-0.2, 0) is 10.0 Å². The molecule has 2 rings (SSSR count). The van der Waals surface area contributed by atoms with Crippen LogP contribution < -0.4 is 19.5 Å². The minimum absolute atomic E-state index is 0.0842. The van der Waals surface area contributed by atoms with Crippen LogP contribution >= 0.6 is 0 Å². The lowest BCUT2D eigenvalue weighted by atomic mass is 10.3. The van der Waals surface area contributed by atoms with Gasteiger partial charge in [0.15, 0.2) is 6.61 Å². The molecular weight excluding hydrogens is 423 g/mol. The van der Waals surface area contributed by atoms with Gasteiger partial charge in [-0.15, -0.1) is 0 Å². The maximum Gasteiger partial charge on any atom is 0.422 e. The van der Waals surface area contributed by atoms with Crippen molar-refractivity contribution in [3.63, 3.8) is 0 Å². The van der Waals surface area contributed by atoms with Crippen LogP contribution in [0.4, 0.5) is 18.9 Å². The SMILES string of the molecule is CCCNCCOc1ccc(NS(=O)(=O)c2ccc(OCC(F)(F)F)cc2)c(C)n1. The average Bonchev–Trinajstić information content (AvgIpc) is 2.68. The molecule has 0 bridgehead atoms. The van der Waals surface area contributed by atoms with Crippen LogP contribution in [-0.4, -0.2) is 45.9 Å². The fourth-order valence-electron chi connectivity index (χ4n) is 2.34. The number of aryl methyl sites for hydroxylation is 1. The van der Waals surface area contributed by atoms with Crippen molar-refractivity contribution in [1.29, 1.82) is 0 Å². The number of aromatic nitrogens is 1. The Kier molecular flexibility index (Phi) is 8.30. The smallest absolute Gasteiger partial charge is 0.422 e. The third-order valence-electron chi connectivity index (χ3n) is 3.80. The maximum absolute atomic E-state index is 12.5. The van der Waals surface area contributed by atoms with Gasteiger partial charge >= 0.3 is 6.18 Å². The maximum atomic E-state index is 12.5. The lowest BCUT2D eigenvalue weighted by molar-refractivity contribution is -0.153. The molecule has 30 heavy (non-hydrogen) atoms. The number of ether oxygens (including phenoxy) is 2. The van der Waals surface area contributed by atoms with Gasteiger partial charge in [-0.2, -0.15) is 13.2 Å². The predicted octanol–water partition coefficient (Wildman–Crippen LogP) is 3.51. The van der Waals surface area contributed by atoms with Gasteiger partial charge < -0.3 is 14.8 Å². The summed E-state index contributed by atoms with van der Waals surface area (Å²) in [4.78, 5) is 4.11. The van der Waals surface area contributed by atoms with Crippen molar-refractivity contribution in [3.05, 3.63) is 42.1 Å². The monoisotopic (exact) mass is 447 g/mol. The number of nitrogens with zero attached hydrogens (tertiary/aromatic N) is 1. The van der Waals surface area contributed by atoms with E-state index in [-0.39, 0.29) is 16.3 Å². The highest BCUT2D eigenvalue weighted by Crippen LogP contribution is 2.23. The lowest BCUT2D eigenvalue weighted by Gasteiger charge is -2.13. The molecule has 0 unspecified atom stereocenters. The topological polar surface area (TPSA) is 89.6 Å². The summed E-state index contributed by atoms with van der Waals surface area (Å²) in [6.45, 7) is 4.24. The number of sulfonamides is 1. The summed E-state index contributed by atoms with van der Waals surface area (Å²) in [5.74, 6) is 0.291. The Balaban J connectivity index is 1.99. The van der Waals surface area contributed by atoms with E-state index in [9.17, 15) is 21.6 Å². The van der Waals surface area contributed by atoms with E-state index in [0.717, 1.165) is 37.2 Å². The van der Waals surface area contributed by atoms with Crippen LogP contribution in [0.15, 0.2) is 41.3 Å². The van der Waals surface area contributed by atoms with Gasteiger partial charge in [0.2, 0.25) is 5.88 Å². The van der Waals surface area contributed by atoms with Crippen molar-refractivity contribution in [2.75, 3.05) is 31.0 Å². The second kappa shape index (κ2) is 10.5. The van der Waals surface area contributed by atoms with Gasteiger partial charge in [0, 0.05) is 12.6 Å². The van der Waals surface area contributed by atoms with E-state index < -0.39 is 22.8 Å². The van der Waals surface area contributed by atoms with Crippen LogP contribution in [0.5, 0.6) is 11.6 Å². The quantitative estimate of drug-likeness (QED) is 0.513. The number of hydrogen-bond donors (Lipinski definition) is 2. The molecule has 0 spiro atoms. The zero-order valence-corrected chi connectivity index (χ0v) is 17.4. The molecule has 0 aliphatic heterocycles. The summed E-state index contributed by atoms with van der Waals surface area (Å²) in [5, 5.41) is 3.19. The third-order valence-corrected chi connectivity index (χ3v) is 5.18. The lowest BCUT2D eigenvalue weighted by Crippen LogP contribution is -2.22. The molecule has 0 amide bonds. The Morgan fingerprint density at radius 3 is 2.33 bits per heavy atom. The number of alkyl halides is 3. The van der Waals surface area contributed by atoms with Crippen molar-refractivity contribution in [2.24, 2.45) is 0 Å². The predicted molar refractivity (Wildman–Crippen MR) is 106 cm³/mol. The van der Waals surface area contributed by atoms with Gasteiger partial charge in [-0.05, 0) is 50.2 Å². The molecule has 2 aromatic rings. The third kappa shape index (κ3) is 7.71. The number of pyridine rings is 1. The minimum atomic E-state index is -4.47. The van der Waals surface area contributed by atoms with Crippen LogP contribution in [0.25, 0.3) is 0 Å². The normalized spacial score (nSPS) is 11.9. The summed E-state index contributed by atoms with van der Waals surface area (Å²) >= 11 is 0. The minimum Gasteiger partial charge on any atom is -0.484 e. The van der Waals surface area contributed by atoms with E-state index in [1.165, 1.54) is 6.07 Å². The van der Waals surface area contributed by atoms with Gasteiger partial charge in [-0.1, -0.05) is 6.92 Å². The van der Waals surface area contributed by atoms with E-state index in [1.807, 2.05) is 0 Å². The van der Waals surface area contributed by atoms with Crippen molar-refractivity contribution in [2.45, 2.75) is 31.3 Å². The Hall–Kier alpha value is -2.53. The first-order valence-electron chi connectivity index (χ1n) is 9.24. The zero-order chi connectivity index (χ0) is 22.2. The van der Waals surface area contributed by atoms with Crippen LogP contribution in [0.3, 0.4) is 0 Å². The Morgan fingerprint density at radius 1 is 1.03 bits per heavy atom. The van der Waals surface area contributed by atoms with Gasteiger partial charge in [-0.25, -0.2) is 13.4 Å². The van der Waals surface area contributed by atoms with Gasteiger partial charge in [0.25, 0.3) is 10.0 Å². The Bertz CT molecular complexity index is 920. The molecule has 0 fully saturated rings. The van der Waals surface area contributed by atoms with E-state index in [4.69, 9.17) is 4.74 Å². The summed E-state index contributed by atoms with van der Waals surface area (Å²) in [6.07, 6.45) is -3.45. The Morgan fingerprint density at radius 2 is 1.73 bits per heavy atom. The first kappa shape index (κ1) is 23.7. The molecular formula is C19H24F3N3O4S. The second-order valence-corrected chi connectivity index (χ2v) is 8.04. The van der Waals surface area contributed by atoms with Crippen LogP contribution in [0.1, 0.15) is 19.0 Å². The van der Waals surface area contributed by atoms with Crippen LogP contribution in [0, 0.1) is 6.92 Å². The van der Waals surface area contributed by atoms with E-state index in [1.54, 1.807) is 13.0 Å². The van der Waals surface area contributed by atoms with Crippen molar-refractivity contribution >= 4 is 15.7 Å². The molecule has 166 valence electrons. The van der Waals surface area contributed by atoms with Crippen LogP contribution in [0.2, 0.25) is 0 Å². The summed E-state index contributed by atoms with van der Waals surface area (Å²) in [5.41, 5.74) is 0.687. The first-order valence-corrected chi connectivity index (χ1v) is 10.7. The molecule has 0 radical (unpaired) electrons. The Labute approximate surface area is 173 Å². The number of hydrogen-bond acceptors (Lipinski definition) is 6. The highest BCUT2D eigenvalue weighted by atomic mass is 32.2. The summed E-state index contributed by atoms with van der Waals surface area (Å²) < 4.78 is 74.1. The molecule has 7 nitrogen and oxygen atoms in total. The number of halogens is 3. The van der Waals surface area contributed by atoms with E-state index in [2.05, 4.69) is 26.7 Å². The molecule has 1 heterocycles. The molecule has 0 saturated heterocycles. The first-order chi connectivity index (χ1) is 14.1. The largest absolute Gasteiger partial charge is 0.484 e. The number of rotatable bonds is 11. The van der Waals surface area contributed by atoms with Gasteiger partial charge in [0.05, 0.1) is 16.3 Å². The molecule has 0 saturated carbocycles. The fraction of sp³-hybridized carbons (Fsp3) is 0.421. The summed E-state index contributed by atoms with van der Waals surface area (Å²) in [7, 11) is -3.95.